The molecule has 1 aromatic rings. The summed E-state index contributed by atoms with van der Waals surface area (Å²) in [5.74, 6) is 0.560. The third-order valence-corrected chi connectivity index (χ3v) is 4.96. The number of hydrogen-bond acceptors (Lipinski definition) is 3. The normalized spacial score (nSPS) is 22.5. The fourth-order valence-corrected chi connectivity index (χ4v) is 3.49. The molecule has 0 bridgehead atoms. The Morgan fingerprint density at radius 2 is 2.00 bits per heavy atom. The lowest BCUT2D eigenvalue weighted by Gasteiger charge is -2.31. The first-order valence-corrected chi connectivity index (χ1v) is 8.79. The molecule has 1 atom stereocenters. The van der Waals surface area contributed by atoms with E-state index in [9.17, 15) is 9.50 Å². The molecule has 1 saturated heterocycles. The van der Waals surface area contributed by atoms with Gasteiger partial charge in [-0.3, -0.25) is 0 Å². The minimum atomic E-state index is -0.229. The van der Waals surface area contributed by atoms with Crippen LogP contribution in [0.15, 0.2) is 30.4 Å². The maximum absolute atomic E-state index is 14.4. The van der Waals surface area contributed by atoms with Crippen LogP contribution in [0.25, 0.3) is 0 Å². The van der Waals surface area contributed by atoms with Gasteiger partial charge in [0.2, 0.25) is 0 Å². The van der Waals surface area contributed by atoms with Gasteiger partial charge in [-0.2, -0.15) is 0 Å². The highest BCUT2D eigenvalue weighted by Crippen LogP contribution is 2.24. The Kier molecular flexibility index (Phi) is 5.68. The first kappa shape index (κ1) is 16.5. The van der Waals surface area contributed by atoms with Gasteiger partial charge >= 0.3 is 0 Å². The van der Waals surface area contributed by atoms with Crippen LogP contribution in [0.1, 0.15) is 37.7 Å². The van der Waals surface area contributed by atoms with Crippen molar-refractivity contribution in [3.63, 3.8) is 0 Å². The zero-order valence-electron chi connectivity index (χ0n) is 13.7. The molecule has 3 nitrogen and oxygen atoms in total. The van der Waals surface area contributed by atoms with E-state index in [2.05, 4.69) is 17.5 Å². The molecule has 4 heteroatoms. The number of nitrogens with one attached hydrogen (secondary N) is 1. The summed E-state index contributed by atoms with van der Waals surface area (Å²) in [5, 5.41) is 13.0. The smallest absolute Gasteiger partial charge is 0.146 e. The van der Waals surface area contributed by atoms with Crippen molar-refractivity contribution in [2.45, 2.75) is 44.8 Å². The van der Waals surface area contributed by atoms with Crippen LogP contribution in [-0.4, -0.2) is 30.8 Å². The van der Waals surface area contributed by atoms with Crippen molar-refractivity contribution in [2.75, 3.05) is 24.5 Å². The Balaban J connectivity index is 1.51. The number of aliphatic hydroxyl groups excluding tert-OH is 1. The number of allylic oxidation sites excluding steroid dienone is 2. The predicted molar refractivity (Wildman–Crippen MR) is 92.0 cm³/mol. The summed E-state index contributed by atoms with van der Waals surface area (Å²) in [6.07, 6.45) is 9.31. The number of hydrogen-bond donors (Lipinski definition) is 2. The standard InChI is InChI=1S/C19H27FN2O/c20-18-12-16(14-21-13-15-4-2-1-3-5-15)6-7-19(18)22-10-8-17(23)9-11-22/h1-2,6-7,12,15,17,21,23H,3-5,8-11,13-14H2. The molecule has 126 valence electrons. The number of piperidine rings is 1. The third kappa shape index (κ3) is 4.55. The molecule has 1 aliphatic carbocycles. The lowest BCUT2D eigenvalue weighted by molar-refractivity contribution is 0.145. The van der Waals surface area contributed by atoms with Gasteiger partial charge in [0.25, 0.3) is 0 Å². The molecule has 1 heterocycles. The first-order chi connectivity index (χ1) is 11.2. The van der Waals surface area contributed by atoms with Crippen molar-refractivity contribution < 1.29 is 9.50 Å². The van der Waals surface area contributed by atoms with E-state index in [4.69, 9.17) is 0 Å². The SMILES string of the molecule is OC1CCN(c2ccc(CNCC3CC=CCC3)cc2F)CC1. The van der Waals surface area contributed by atoms with Crippen molar-refractivity contribution in [1.29, 1.82) is 0 Å². The van der Waals surface area contributed by atoms with Crippen LogP contribution in [0, 0.1) is 11.7 Å². The van der Waals surface area contributed by atoms with E-state index in [0.717, 1.165) is 51.0 Å². The van der Waals surface area contributed by atoms with Gasteiger partial charge in [-0.25, -0.2) is 4.39 Å². The van der Waals surface area contributed by atoms with Crippen molar-refractivity contribution in [2.24, 2.45) is 5.92 Å². The Morgan fingerprint density at radius 3 is 2.70 bits per heavy atom. The van der Waals surface area contributed by atoms with Gasteiger partial charge < -0.3 is 15.3 Å². The summed E-state index contributed by atoms with van der Waals surface area (Å²) in [7, 11) is 0. The van der Waals surface area contributed by atoms with Crippen LogP contribution in [0.4, 0.5) is 10.1 Å². The zero-order chi connectivity index (χ0) is 16.1. The van der Waals surface area contributed by atoms with Crippen LogP contribution in [-0.2, 0) is 6.54 Å². The molecule has 1 aromatic carbocycles. The quantitative estimate of drug-likeness (QED) is 0.818. The van der Waals surface area contributed by atoms with E-state index < -0.39 is 0 Å². The van der Waals surface area contributed by atoms with E-state index >= 15 is 0 Å². The molecule has 3 rings (SSSR count). The Hall–Kier alpha value is -1.39. The first-order valence-electron chi connectivity index (χ1n) is 8.79. The van der Waals surface area contributed by atoms with Gasteiger partial charge in [-0.05, 0) is 62.3 Å². The van der Waals surface area contributed by atoms with Gasteiger partial charge in [0.1, 0.15) is 5.82 Å². The summed E-state index contributed by atoms with van der Waals surface area (Å²) in [4.78, 5) is 2.04. The minimum absolute atomic E-state index is 0.152. The summed E-state index contributed by atoms with van der Waals surface area (Å²) in [5.41, 5.74) is 1.66. The second kappa shape index (κ2) is 7.93. The van der Waals surface area contributed by atoms with E-state index in [1.165, 1.54) is 12.8 Å². The van der Waals surface area contributed by atoms with Crippen LogP contribution in [0.5, 0.6) is 0 Å². The van der Waals surface area contributed by atoms with Crippen LogP contribution in [0.3, 0.4) is 0 Å². The zero-order valence-corrected chi connectivity index (χ0v) is 13.7. The van der Waals surface area contributed by atoms with Gasteiger partial charge in [-0.1, -0.05) is 18.2 Å². The molecule has 2 N–H and O–H groups in total. The lowest BCUT2D eigenvalue weighted by Crippen LogP contribution is -2.36. The summed E-state index contributed by atoms with van der Waals surface area (Å²) in [6, 6.07) is 5.54. The largest absolute Gasteiger partial charge is 0.393 e. The molecule has 1 fully saturated rings. The fraction of sp³-hybridized carbons (Fsp3) is 0.579. The van der Waals surface area contributed by atoms with E-state index in [1.54, 1.807) is 6.07 Å². The van der Waals surface area contributed by atoms with Crippen molar-refractivity contribution >= 4 is 5.69 Å². The summed E-state index contributed by atoms with van der Waals surface area (Å²) < 4.78 is 14.4. The van der Waals surface area contributed by atoms with Crippen molar-refractivity contribution in [1.82, 2.24) is 5.32 Å². The second-order valence-electron chi connectivity index (χ2n) is 6.79. The van der Waals surface area contributed by atoms with Gasteiger partial charge in [0.05, 0.1) is 11.8 Å². The fourth-order valence-electron chi connectivity index (χ4n) is 3.49. The topological polar surface area (TPSA) is 35.5 Å². The molecule has 1 unspecified atom stereocenters. The molecule has 1 aliphatic heterocycles. The van der Waals surface area contributed by atoms with Crippen LogP contribution < -0.4 is 10.2 Å². The highest BCUT2D eigenvalue weighted by molar-refractivity contribution is 5.49. The molecule has 2 aliphatic rings. The highest BCUT2D eigenvalue weighted by Gasteiger charge is 2.19. The van der Waals surface area contributed by atoms with Gasteiger partial charge in [0.15, 0.2) is 0 Å². The monoisotopic (exact) mass is 318 g/mol. The Morgan fingerprint density at radius 1 is 1.17 bits per heavy atom. The molecule has 23 heavy (non-hydrogen) atoms. The van der Waals surface area contributed by atoms with Crippen LogP contribution in [0.2, 0.25) is 0 Å². The summed E-state index contributed by atoms with van der Waals surface area (Å²) in [6.45, 7) is 3.17. The van der Waals surface area contributed by atoms with E-state index in [0.29, 0.717) is 11.6 Å². The summed E-state index contributed by atoms with van der Waals surface area (Å²) >= 11 is 0. The number of anilines is 1. The molecular formula is C19H27FN2O. The maximum Gasteiger partial charge on any atom is 0.146 e. The number of rotatable bonds is 5. The Bertz CT molecular complexity index is 538. The number of halogens is 1. The molecule has 0 spiro atoms. The Labute approximate surface area is 138 Å². The van der Waals surface area contributed by atoms with Crippen molar-refractivity contribution in [3.8, 4) is 0 Å². The molecule has 0 radical (unpaired) electrons. The average Bonchev–Trinajstić information content (AvgIpc) is 2.57. The minimum Gasteiger partial charge on any atom is -0.393 e. The molecule has 0 amide bonds. The average molecular weight is 318 g/mol. The van der Waals surface area contributed by atoms with Gasteiger partial charge in [0, 0.05) is 19.6 Å². The van der Waals surface area contributed by atoms with Crippen LogP contribution >= 0.6 is 0 Å². The number of aliphatic hydroxyl groups is 1. The third-order valence-electron chi connectivity index (χ3n) is 4.96. The highest BCUT2D eigenvalue weighted by atomic mass is 19.1. The van der Waals surface area contributed by atoms with E-state index in [1.807, 2.05) is 17.0 Å². The van der Waals surface area contributed by atoms with E-state index in [-0.39, 0.29) is 11.9 Å². The molecule has 0 aromatic heterocycles. The number of benzene rings is 1. The molecular weight excluding hydrogens is 291 g/mol. The van der Waals surface area contributed by atoms with Gasteiger partial charge in [-0.15, -0.1) is 0 Å². The molecule has 0 saturated carbocycles. The number of nitrogens with zero attached hydrogens (tertiary/aromatic N) is 1. The lowest BCUT2D eigenvalue weighted by atomic mass is 9.94. The van der Waals surface area contributed by atoms with Crippen molar-refractivity contribution in [3.05, 3.63) is 41.7 Å². The maximum atomic E-state index is 14.4. The second-order valence-corrected chi connectivity index (χ2v) is 6.79. The predicted octanol–water partition coefficient (Wildman–Crippen LogP) is 3.23.